The fourth-order valence-electron chi connectivity index (χ4n) is 2.18. The molecule has 0 aromatic carbocycles. The number of hydrogen-bond donors (Lipinski definition) is 4. The Morgan fingerprint density at radius 2 is 2.25 bits per heavy atom. The lowest BCUT2D eigenvalue weighted by atomic mass is 10.4. The van der Waals surface area contributed by atoms with Crippen LogP contribution < -0.4 is 11.1 Å². The quantitative estimate of drug-likeness (QED) is 0.493. The van der Waals surface area contributed by atoms with Crippen LogP contribution in [0.5, 0.6) is 0 Å². The fourth-order valence-corrected chi connectivity index (χ4v) is 2.59. The lowest BCUT2D eigenvalue weighted by Crippen LogP contribution is -2.23. The zero-order valence-electron chi connectivity index (χ0n) is 12.7. The van der Waals surface area contributed by atoms with Gasteiger partial charge in [-0.15, -0.1) is 0 Å². The smallest absolute Gasteiger partial charge is 0.350 e. The Bertz CT molecular complexity index is 776. The highest BCUT2D eigenvalue weighted by Gasteiger charge is 2.24. The number of fused-ring (bicyclic) bond motifs is 1. The fraction of sp³-hybridized carbons (Fsp3) is 0.583. The van der Waals surface area contributed by atoms with Crippen molar-refractivity contribution in [2.45, 2.75) is 31.5 Å². The predicted octanol–water partition coefficient (Wildman–Crippen LogP) is 0.473. The largest absolute Gasteiger partial charge is 0.368 e. The highest BCUT2D eigenvalue weighted by atomic mass is 31.2. The number of halogens is 1. The molecule has 3 rings (SSSR count). The first-order chi connectivity index (χ1) is 11.4. The van der Waals surface area contributed by atoms with E-state index < -0.39 is 26.7 Å². The van der Waals surface area contributed by atoms with Crippen molar-refractivity contribution < 1.29 is 23.5 Å². The monoisotopic (exact) mass is 360 g/mol. The maximum absolute atomic E-state index is 13.1. The van der Waals surface area contributed by atoms with Crippen LogP contribution >= 0.6 is 7.60 Å². The van der Waals surface area contributed by atoms with Crippen molar-refractivity contribution in [2.24, 2.45) is 0 Å². The van der Waals surface area contributed by atoms with Crippen molar-refractivity contribution in [2.75, 3.05) is 24.1 Å². The molecule has 1 saturated carbocycles. The van der Waals surface area contributed by atoms with E-state index >= 15 is 0 Å². The molecule has 1 aliphatic carbocycles. The molecule has 10 nitrogen and oxygen atoms in total. The predicted molar refractivity (Wildman–Crippen MR) is 84.1 cm³/mol. The summed E-state index contributed by atoms with van der Waals surface area (Å²) < 4.78 is 30.4. The SMILES string of the molecule is Nc1nc(NC2CC2)c2ncn(C[C@H](CF)OCP(=O)(O)O)c2n1. The zero-order valence-corrected chi connectivity index (χ0v) is 13.6. The van der Waals surface area contributed by atoms with Crippen molar-refractivity contribution in [1.82, 2.24) is 19.5 Å². The Morgan fingerprint density at radius 1 is 1.50 bits per heavy atom. The Hall–Kier alpha value is -1.81. The molecule has 24 heavy (non-hydrogen) atoms. The van der Waals surface area contributed by atoms with Crippen molar-refractivity contribution in [1.29, 1.82) is 0 Å². The molecular formula is C12H18FN6O4P. The van der Waals surface area contributed by atoms with Gasteiger partial charge in [0.25, 0.3) is 0 Å². The molecule has 0 aliphatic heterocycles. The zero-order chi connectivity index (χ0) is 17.3. The topological polar surface area (TPSA) is 148 Å². The molecule has 0 spiro atoms. The van der Waals surface area contributed by atoms with Gasteiger partial charge in [0.05, 0.1) is 12.9 Å². The molecule has 0 saturated heterocycles. The highest BCUT2D eigenvalue weighted by Crippen LogP contribution is 2.34. The second-order valence-electron chi connectivity index (χ2n) is 5.65. The van der Waals surface area contributed by atoms with Crippen molar-refractivity contribution in [3.8, 4) is 0 Å². The van der Waals surface area contributed by atoms with E-state index in [1.165, 1.54) is 10.9 Å². The molecule has 0 bridgehead atoms. The van der Waals surface area contributed by atoms with Crippen LogP contribution in [-0.2, 0) is 15.8 Å². The molecule has 2 heterocycles. The summed E-state index contributed by atoms with van der Waals surface area (Å²) in [6.07, 6.45) is 1.66. The van der Waals surface area contributed by atoms with Gasteiger partial charge < -0.3 is 30.1 Å². The standard InChI is InChI=1S/C12H18FN6O4P/c13-3-8(23-6-24(20,21)22)4-19-5-15-9-10(16-7-1-2-7)17-12(14)18-11(9)19/h5,7-8H,1-4,6H2,(H2,20,21,22)(H3,14,16,17,18)/t8-/m0/s1. The van der Waals surface area contributed by atoms with Crippen LogP contribution in [0.15, 0.2) is 6.33 Å². The van der Waals surface area contributed by atoms with Gasteiger partial charge in [-0.2, -0.15) is 9.97 Å². The lowest BCUT2D eigenvalue weighted by molar-refractivity contribution is 0.0445. The Labute approximate surface area is 136 Å². The number of nitrogen functional groups attached to an aromatic ring is 1. The van der Waals surface area contributed by atoms with Gasteiger partial charge in [-0.25, -0.2) is 9.37 Å². The second-order valence-corrected chi connectivity index (χ2v) is 7.24. The van der Waals surface area contributed by atoms with Crippen LogP contribution in [-0.4, -0.2) is 54.5 Å². The van der Waals surface area contributed by atoms with E-state index in [0.29, 0.717) is 23.0 Å². The van der Waals surface area contributed by atoms with Gasteiger partial charge in [-0.1, -0.05) is 0 Å². The van der Waals surface area contributed by atoms with E-state index in [9.17, 15) is 8.96 Å². The van der Waals surface area contributed by atoms with Gasteiger partial charge in [0.15, 0.2) is 17.0 Å². The van der Waals surface area contributed by atoms with Crippen LogP contribution in [0.3, 0.4) is 0 Å². The van der Waals surface area contributed by atoms with E-state index in [1.54, 1.807) is 0 Å². The Balaban J connectivity index is 1.81. The number of nitrogens with two attached hydrogens (primary N) is 1. The van der Waals surface area contributed by atoms with Crippen LogP contribution in [0.2, 0.25) is 0 Å². The summed E-state index contributed by atoms with van der Waals surface area (Å²) in [5.74, 6) is 0.576. The molecule has 1 fully saturated rings. The van der Waals surface area contributed by atoms with Crippen LogP contribution in [0.4, 0.5) is 16.2 Å². The number of imidazole rings is 1. The Kier molecular flexibility index (Phi) is 4.68. The van der Waals surface area contributed by atoms with Gasteiger partial charge in [0, 0.05) is 6.04 Å². The summed E-state index contributed by atoms with van der Waals surface area (Å²) >= 11 is 0. The van der Waals surface area contributed by atoms with Crippen LogP contribution in [0.1, 0.15) is 12.8 Å². The van der Waals surface area contributed by atoms with E-state index in [2.05, 4.69) is 20.3 Å². The number of hydrogen-bond acceptors (Lipinski definition) is 7. The summed E-state index contributed by atoms with van der Waals surface area (Å²) in [6.45, 7) is -0.917. The third-order valence-corrected chi connectivity index (χ3v) is 3.94. The summed E-state index contributed by atoms with van der Waals surface area (Å²) in [6, 6.07) is 0.345. The van der Waals surface area contributed by atoms with Gasteiger partial charge >= 0.3 is 7.60 Å². The van der Waals surface area contributed by atoms with E-state index in [4.69, 9.17) is 20.3 Å². The minimum absolute atomic E-state index is 0.00762. The molecule has 1 aliphatic rings. The summed E-state index contributed by atoms with van der Waals surface area (Å²) in [5, 5.41) is 3.21. The molecule has 132 valence electrons. The van der Waals surface area contributed by atoms with Crippen molar-refractivity contribution in [3.05, 3.63) is 6.33 Å². The average molecular weight is 360 g/mol. The second kappa shape index (κ2) is 6.60. The van der Waals surface area contributed by atoms with Crippen molar-refractivity contribution in [3.63, 3.8) is 0 Å². The average Bonchev–Trinajstić information content (AvgIpc) is 3.22. The normalized spacial score (nSPS) is 16.5. The number of rotatable bonds is 8. The third-order valence-electron chi connectivity index (χ3n) is 3.45. The number of ether oxygens (including phenoxy) is 1. The molecule has 2 aromatic heterocycles. The first-order valence-electron chi connectivity index (χ1n) is 7.33. The highest BCUT2D eigenvalue weighted by molar-refractivity contribution is 7.51. The van der Waals surface area contributed by atoms with Crippen LogP contribution in [0, 0.1) is 0 Å². The maximum Gasteiger partial charge on any atom is 0.350 e. The number of aromatic nitrogens is 4. The van der Waals surface area contributed by atoms with E-state index in [-0.39, 0.29) is 12.5 Å². The molecule has 12 heteroatoms. The maximum atomic E-state index is 13.1. The van der Waals surface area contributed by atoms with E-state index in [1.807, 2.05) is 0 Å². The van der Waals surface area contributed by atoms with Crippen LogP contribution in [0.25, 0.3) is 11.2 Å². The molecule has 1 atom stereocenters. The van der Waals surface area contributed by atoms with Gasteiger partial charge in [0.1, 0.15) is 19.1 Å². The number of alkyl halides is 1. The minimum atomic E-state index is -4.36. The van der Waals surface area contributed by atoms with Crippen molar-refractivity contribution >= 4 is 30.5 Å². The summed E-state index contributed by atoms with van der Waals surface area (Å²) in [7, 11) is -4.36. The third kappa shape index (κ3) is 4.18. The number of nitrogens with one attached hydrogen (secondary N) is 1. The summed E-state index contributed by atoms with van der Waals surface area (Å²) in [4.78, 5) is 30.1. The van der Waals surface area contributed by atoms with E-state index in [0.717, 1.165) is 12.8 Å². The number of anilines is 2. The molecule has 0 amide bonds. The molecular weight excluding hydrogens is 342 g/mol. The van der Waals surface area contributed by atoms with Gasteiger partial charge in [0.2, 0.25) is 5.95 Å². The Morgan fingerprint density at radius 3 is 2.88 bits per heavy atom. The lowest BCUT2D eigenvalue weighted by Gasteiger charge is -2.16. The minimum Gasteiger partial charge on any atom is -0.368 e. The number of nitrogens with zero attached hydrogens (tertiary/aromatic N) is 4. The molecule has 0 unspecified atom stereocenters. The first-order valence-corrected chi connectivity index (χ1v) is 9.12. The summed E-state index contributed by atoms with van der Waals surface area (Å²) in [5.41, 5.74) is 6.63. The molecule has 2 aromatic rings. The first kappa shape index (κ1) is 17.0. The van der Waals surface area contributed by atoms with Gasteiger partial charge in [-0.05, 0) is 12.8 Å². The van der Waals surface area contributed by atoms with Gasteiger partial charge in [-0.3, -0.25) is 4.57 Å². The molecule has 0 radical (unpaired) electrons. The molecule has 5 N–H and O–H groups in total.